The molecule has 0 saturated heterocycles. The number of alkyl halides is 2. The molecule has 0 aliphatic heterocycles. The SMILES string of the molecule is Cc1ccc(-c2ccc([N+](=O)[O-])c(-c3ccn(C(F)F)n3)n2)cc1. The van der Waals surface area contributed by atoms with Crippen LogP contribution in [0.1, 0.15) is 12.1 Å². The average Bonchev–Trinajstić information content (AvgIpc) is 3.05. The zero-order chi connectivity index (χ0) is 17.3. The van der Waals surface area contributed by atoms with Crippen molar-refractivity contribution < 1.29 is 13.7 Å². The topological polar surface area (TPSA) is 73.8 Å². The summed E-state index contributed by atoms with van der Waals surface area (Å²) in [5.41, 5.74) is 2.03. The molecule has 0 unspecified atom stereocenters. The molecule has 2 aromatic heterocycles. The number of benzene rings is 1. The van der Waals surface area contributed by atoms with Crippen LogP contribution in [-0.4, -0.2) is 19.7 Å². The van der Waals surface area contributed by atoms with Gasteiger partial charge in [-0.1, -0.05) is 29.8 Å². The van der Waals surface area contributed by atoms with Crippen LogP contribution in [0.15, 0.2) is 48.7 Å². The molecule has 0 atom stereocenters. The Morgan fingerprint density at radius 3 is 2.38 bits per heavy atom. The molecule has 0 aliphatic carbocycles. The molecular weight excluding hydrogens is 318 g/mol. The molecule has 8 heteroatoms. The molecule has 0 spiro atoms. The maximum Gasteiger partial charge on any atom is 0.333 e. The third kappa shape index (κ3) is 2.98. The second-order valence-corrected chi connectivity index (χ2v) is 5.15. The summed E-state index contributed by atoms with van der Waals surface area (Å²) in [6.07, 6.45) is 1.06. The Morgan fingerprint density at radius 1 is 1.08 bits per heavy atom. The summed E-state index contributed by atoms with van der Waals surface area (Å²) < 4.78 is 25.8. The number of aromatic nitrogens is 3. The molecule has 6 nitrogen and oxygen atoms in total. The lowest BCUT2D eigenvalue weighted by atomic mass is 10.1. The van der Waals surface area contributed by atoms with Crippen LogP contribution in [-0.2, 0) is 0 Å². The molecule has 0 saturated carbocycles. The summed E-state index contributed by atoms with van der Waals surface area (Å²) in [6, 6.07) is 11.6. The van der Waals surface area contributed by atoms with Crippen molar-refractivity contribution in [3.05, 3.63) is 64.3 Å². The van der Waals surface area contributed by atoms with E-state index in [9.17, 15) is 18.9 Å². The van der Waals surface area contributed by atoms with E-state index in [1.807, 2.05) is 31.2 Å². The van der Waals surface area contributed by atoms with E-state index in [0.717, 1.165) is 17.3 Å². The molecule has 3 aromatic rings. The van der Waals surface area contributed by atoms with Crippen LogP contribution in [0, 0.1) is 17.0 Å². The fourth-order valence-electron chi connectivity index (χ4n) is 2.25. The fourth-order valence-corrected chi connectivity index (χ4v) is 2.25. The van der Waals surface area contributed by atoms with Crippen LogP contribution in [0.2, 0.25) is 0 Å². The fraction of sp³-hybridized carbons (Fsp3) is 0.125. The highest BCUT2D eigenvalue weighted by molar-refractivity contribution is 5.71. The van der Waals surface area contributed by atoms with Gasteiger partial charge in [0.25, 0.3) is 5.69 Å². The zero-order valence-corrected chi connectivity index (χ0v) is 12.6. The van der Waals surface area contributed by atoms with E-state index in [1.165, 1.54) is 18.2 Å². The van der Waals surface area contributed by atoms with Gasteiger partial charge in [-0.25, -0.2) is 9.67 Å². The van der Waals surface area contributed by atoms with Gasteiger partial charge in [-0.2, -0.15) is 13.9 Å². The van der Waals surface area contributed by atoms with Gasteiger partial charge in [0.2, 0.25) is 0 Å². The molecule has 0 aliphatic rings. The normalized spacial score (nSPS) is 11.0. The lowest BCUT2D eigenvalue weighted by Crippen LogP contribution is -2.00. The van der Waals surface area contributed by atoms with Crippen molar-refractivity contribution in [1.82, 2.24) is 14.8 Å². The molecule has 1 aromatic carbocycles. The summed E-state index contributed by atoms with van der Waals surface area (Å²) in [7, 11) is 0. The van der Waals surface area contributed by atoms with Gasteiger partial charge in [0, 0.05) is 17.8 Å². The van der Waals surface area contributed by atoms with Crippen molar-refractivity contribution in [1.29, 1.82) is 0 Å². The number of halogens is 2. The van der Waals surface area contributed by atoms with Crippen molar-refractivity contribution in [2.24, 2.45) is 0 Å². The van der Waals surface area contributed by atoms with Gasteiger partial charge >= 0.3 is 6.55 Å². The quantitative estimate of drug-likeness (QED) is 0.530. The number of rotatable bonds is 4. The summed E-state index contributed by atoms with van der Waals surface area (Å²) in [5.74, 6) is 0. The molecule has 2 heterocycles. The second-order valence-electron chi connectivity index (χ2n) is 5.15. The van der Waals surface area contributed by atoms with E-state index >= 15 is 0 Å². The van der Waals surface area contributed by atoms with Crippen molar-refractivity contribution in [3.8, 4) is 22.6 Å². The molecule has 0 fully saturated rings. The highest BCUT2D eigenvalue weighted by atomic mass is 19.3. The van der Waals surface area contributed by atoms with Crippen molar-refractivity contribution in [3.63, 3.8) is 0 Å². The van der Waals surface area contributed by atoms with E-state index in [4.69, 9.17) is 0 Å². The van der Waals surface area contributed by atoms with Crippen molar-refractivity contribution in [2.75, 3.05) is 0 Å². The predicted octanol–water partition coefficient (Wildman–Crippen LogP) is 4.22. The molecule has 0 N–H and O–H groups in total. The third-order valence-electron chi connectivity index (χ3n) is 3.47. The summed E-state index contributed by atoms with van der Waals surface area (Å²) in [6.45, 7) is -0.881. The Labute approximate surface area is 135 Å². The lowest BCUT2D eigenvalue weighted by Gasteiger charge is -2.05. The molecule has 24 heavy (non-hydrogen) atoms. The minimum atomic E-state index is -2.82. The number of hydrogen-bond donors (Lipinski definition) is 0. The number of nitro groups is 1. The van der Waals surface area contributed by atoms with Crippen LogP contribution >= 0.6 is 0 Å². The van der Waals surface area contributed by atoms with Crippen molar-refractivity contribution in [2.45, 2.75) is 13.5 Å². The van der Waals surface area contributed by atoms with Gasteiger partial charge in [-0.3, -0.25) is 10.1 Å². The first kappa shape index (κ1) is 15.7. The molecule has 3 rings (SSSR count). The number of pyridine rings is 1. The van der Waals surface area contributed by atoms with Gasteiger partial charge in [0.1, 0.15) is 5.69 Å². The number of aryl methyl sites for hydroxylation is 1. The number of nitrogens with zero attached hydrogens (tertiary/aromatic N) is 4. The van der Waals surface area contributed by atoms with Crippen LogP contribution in [0.3, 0.4) is 0 Å². The summed E-state index contributed by atoms with van der Waals surface area (Å²) in [5, 5.41) is 14.9. The van der Waals surface area contributed by atoms with E-state index in [-0.39, 0.29) is 17.1 Å². The second kappa shape index (κ2) is 6.15. The van der Waals surface area contributed by atoms with Crippen LogP contribution in [0.25, 0.3) is 22.6 Å². The van der Waals surface area contributed by atoms with Gasteiger partial charge in [-0.15, -0.1) is 0 Å². The average molecular weight is 330 g/mol. The standard InChI is InChI=1S/C16H12F2N4O2/c1-10-2-4-11(5-3-10)12-6-7-14(22(23)24)15(19-12)13-8-9-21(20-13)16(17)18/h2-9,16H,1H3. The van der Waals surface area contributed by atoms with E-state index in [0.29, 0.717) is 10.4 Å². The van der Waals surface area contributed by atoms with Crippen LogP contribution < -0.4 is 0 Å². The lowest BCUT2D eigenvalue weighted by molar-refractivity contribution is -0.384. The van der Waals surface area contributed by atoms with Gasteiger partial charge in [-0.05, 0) is 19.1 Å². The Hall–Kier alpha value is -3.16. The number of hydrogen-bond acceptors (Lipinski definition) is 4. The Morgan fingerprint density at radius 2 is 1.79 bits per heavy atom. The van der Waals surface area contributed by atoms with E-state index in [2.05, 4.69) is 10.1 Å². The first-order valence-electron chi connectivity index (χ1n) is 7.02. The Kier molecular flexibility index (Phi) is 4.03. The monoisotopic (exact) mass is 330 g/mol. The first-order chi connectivity index (χ1) is 11.5. The van der Waals surface area contributed by atoms with Gasteiger partial charge in [0.15, 0.2) is 5.69 Å². The smallest absolute Gasteiger partial charge is 0.258 e. The zero-order valence-electron chi connectivity index (χ0n) is 12.6. The summed E-state index contributed by atoms with van der Waals surface area (Å²) >= 11 is 0. The van der Waals surface area contributed by atoms with Crippen LogP contribution in [0.5, 0.6) is 0 Å². The maximum absolute atomic E-state index is 12.7. The van der Waals surface area contributed by atoms with Gasteiger partial charge in [0.05, 0.1) is 10.6 Å². The highest BCUT2D eigenvalue weighted by Gasteiger charge is 2.21. The molecule has 0 bridgehead atoms. The van der Waals surface area contributed by atoms with Crippen molar-refractivity contribution >= 4 is 5.69 Å². The van der Waals surface area contributed by atoms with Gasteiger partial charge < -0.3 is 0 Å². The molecule has 122 valence electrons. The van der Waals surface area contributed by atoms with Crippen LogP contribution in [0.4, 0.5) is 14.5 Å². The Bertz CT molecular complexity index is 891. The summed E-state index contributed by atoms with van der Waals surface area (Å²) in [4.78, 5) is 14.9. The molecule has 0 amide bonds. The van der Waals surface area contributed by atoms with E-state index in [1.54, 1.807) is 0 Å². The maximum atomic E-state index is 12.7. The highest BCUT2D eigenvalue weighted by Crippen LogP contribution is 2.30. The predicted molar refractivity (Wildman–Crippen MR) is 83.5 cm³/mol. The third-order valence-corrected chi connectivity index (χ3v) is 3.47. The minimum absolute atomic E-state index is 0.0240. The molecule has 0 radical (unpaired) electrons. The molecular formula is C16H12F2N4O2. The minimum Gasteiger partial charge on any atom is -0.258 e. The first-order valence-corrected chi connectivity index (χ1v) is 7.02. The Balaban J connectivity index is 2.12. The largest absolute Gasteiger partial charge is 0.333 e. The van der Waals surface area contributed by atoms with E-state index < -0.39 is 11.5 Å².